The standard InChI is InChI=1S/C18H16N2O5S/c21-16(22)14-10-26-15(20-14)11-6-8-13(9-7-11)19-18(24)25-17(23)12-4-2-1-3-5-12/h1-9,14-15,20H,10H2,(H,19,24)(H,21,22)/t14-,15?/m0/s1. The van der Waals surface area contributed by atoms with Crippen LogP contribution >= 0.6 is 11.8 Å². The summed E-state index contributed by atoms with van der Waals surface area (Å²) in [4.78, 5) is 34.6. The number of carbonyl (C=O) groups is 3. The first-order chi connectivity index (χ1) is 12.5. The number of carboxylic acid groups (broad SMARTS) is 1. The van der Waals surface area contributed by atoms with E-state index < -0.39 is 24.1 Å². The summed E-state index contributed by atoms with van der Waals surface area (Å²) in [5.41, 5.74) is 1.66. The Bertz CT molecular complexity index is 810. The second kappa shape index (κ2) is 8.03. The van der Waals surface area contributed by atoms with Gasteiger partial charge < -0.3 is 9.84 Å². The Morgan fingerprint density at radius 2 is 1.77 bits per heavy atom. The summed E-state index contributed by atoms with van der Waals surface area (Å²) < 4.78 is 4.74. The summed E-state index contributed by atoms with van der Waals surface area (Å²) in [7, 11) is 0. The van der Waals surface area contributed by atoms with Crippen LogP contribution in [0.25, 0.3) is 0 Å². The van der Waals surface area contributed by atoms with Crippen molar-refractivity contribution in [1.29, 1.82) is 0 Å². The van der Waals surface area contributed by atoms with Gasteiger partial charge in [-0.25, -0.2) is 9.59 Å². The van der Waals surface area contributed by atoms with Crippen molar-refractivity contribution in [2.45, 2.75) is 11.4 Å². The van der Waals surface area contributed by atoms with Crippen LogP contribution in [0.1, 0.15) is 21.3 Å². The molecule has 0 saturated carbocycles. The number of aliphatic carboxylic acids is 1. The monoisotopic (exact) mass is 372 g/mol. The molecule has 3 rings (SSSR count). The van der Waals surface area contributed by atoms with Crippen LogP contribution in [0, 0.1) is 0 Å². The molecule has 1 unspecified atom stereocenters. The van der Waals surface area contributed by atoms with Crippen LogP contribution in [0.5, 0.6) is 0 Å². The van der Waals surface area contributed by atoms with Gasteiger partial charge in [0.05, 0.1) is 10.9 Å². The third kappa shape index (κ3) is 4.41. The van der Waals surface area contributed by atoms with Crippen molar-refractivity contribution >= 4 is 35.5 Å². The molecule has 0 aliphatic carbocycles. The smallest absolute Gasteiger partial charge is 0.419 e. The predicted molar refractivity (Wildman–Crippen MR) is 97.1 cm³/mol. The van der Waals surface area contributed by atoms with E-state index in [4.69, 9.17) is 9.84 Å². The van der Waals surface area contributed by atoms with Crippen LogP contribution < -0.4 is 10.6 Å². The molecule has 134 valence electrons. The van der Waals surface area contributed by atoms with E-state index in [1.807, 2.05) is 0 Å². The molecule has 0 aromatic heterocycles. The number of ether oxygens (including phenoxy) is 1. The SMILES string of the molecule is O=C(Nc1ccc(C2N[C@H](C(=O)O)CS2)cc1)OC(=O)c1ccccc1. The first-order valence-electron chi connectivity index (χ1n) is 7.81. The third-order valence-electron chi connectivity index (χ3n) is 3.73. The summed E-state index contributed by atoms with van der Waals surface area (Å²) in [5.74, 6) is -1.11. The zero-order valence-corrected chi connectivity index (χ0v) is 14.4. The predicted octanol–water partition coefficient (Wildman–Crippen LogP) is 2.86. The first-order valence-corrected chi connectivity index (χ1v) is 8.86. The molecule has 1 amide bonds. The van der Waals surface area contributed by atoms with Crippen molar-refractivity contribution in [2.75, 3.05) is 11.1 Å². The van der Waals surface area contributed by atoms with Gasteiger partial charge >= 0.3 is 18.0 Å². The highest BCUT2D eigenvalue weighted by Crippen LogP contribution is 2.33. The van der Waals surface area contributed by atoms with Crippen LogP contribution in [0.2, 0.25) is 0 Å². The van der Waals surface area contributed by atoms with Gasteiger partial charge in [0.15, 0.2) is 0 Å². The second-order valence-electron chi connectivity index (χ2n) is 5.56. The highest BCUT2D eigenvalue weighted by atomic mass is 32.2. The Labute approximate surface area is 153 Å². The van der Waals surface area contributed by atoms with Crippen molar-refractivity contribution < 1.29 is 24.2 Å². The Morgan fingerprint density at radius 3 is 2.38 bits per heavy atom. The number of thioether (sulfide) groups is 1. The lowest BCUT2D eigenvalue weighted by Gasteiger charge is -2.12. The molecular formula is C18H16N2O5S. The summed E-state index contributed by atoms with van der Waals surface area (Å²) >= 11 is 1.51. The topological polar surface area (TPSA) is 105 Å². The molecule has 2 aromatic carbocycles. The number of anilines is 1. The van der Waals surface area contributed by atoms with Gasteiger partial charge in [0.1, 0.15) is 6.04 Å². The number of carboxylic acids is 1. The van der Waals surface area contributed by atoms with Gasteiger partial charge in [-0.15, -0.1) is 11.8 Å². The first kappa shape index (κ1) is 18.0. The van der Waals surface area contributed by atoms with E-state index >= 15 is 0 Å². The summed E-state index contributed by atoms with van der Waals surface area (Å²) in [6.45, 7) is 0. The number of hydrogen-bond donors (Lipinski definition) is 3. The molecule has 7 nitrogen and oxygen atoms in total. The van der Waals surface area contributed by atoms with Gasteiger partial charge in [-0.2, -0.15) is 0 Å². The Morgan fingerprint density at radius 1 is 1.08 bits per heavy atom. The van der Waals surface area contributed by atoms with Crippen molar-refractivity contribution in [3.05, 3.63) is 65.7 Å². The van der Waals surface area contributed by atoms with E-state index in [-0.39, 0.29) is 10.9 Å². The Balaban J connectivity index is 1.55. The maximum absolute atomic E-state index is 11.8. The molecule has 1 heterocycles. The van der Waals surface area contributed by atoms with Crippen LogP contribution in [0.15, 0.2) is 54.6 Å². The van der Waals surface area contributed by atoms with E-state index in [2.05, 4.69) is 10.6 Å². The average molecular weight is 372 g/mol. The number of hydrogen-bond acceptors (Lipinski definition) is 6. The average Bonchev–Trinajstić information content (AvgIpc) is 3.13. The van der Waals surface area contributed by atoms with Crippen molar-refractivity contribution in [2.24, 2.45) is 0 Å². The zero-order valence-electron chi connectivity index (χ0n) is 13.5. The van der Waals surface area contributed by atoms with E-state index in [1.165, 1.54) is 11.8 Å². The molecule has 1 aliphatic heterocycles. The van der Waals surface area contributed by atoms with Crippen LogP contribution in [-0.4, -0.2) is 34.9 Å². The molecule has 1 saturated heterocycles. The number of nitrogens with one attached hydrogen (secondary N) is 2. The lowest BCUT2D eigenvalue weighted by molar-refractivity contribution is -0.138. The minimum atomic E-state index is -0.871. The quantitative estimate of drug-likeness (QED) is 0.560. The van der Waals surface area contributed by atoms with E-state index in [0.29, 0.717) is 11.4 Å². The number of rotatable bonds is 4. The summed E-state index contributed by atoms with van der Waals surface area (Å²) in [6.07, 6.45) is -0.870. The molecule has 1 aliphatic rings. The van der Waals surface area contributed by atoms with Crippen LogP contribution in [-0.2, 0) is 9.53 Å². The number of esters is 1. The lowest BCUT2D eigenvalue weighted by atomic mass is 10.2. The largest absolute Gasteiger partial charge is 0.480 e. The fraction of sp³-hybridized carbons (Fsp3) is 0.167. The Hall–Kier alpha value is -2.84. The number of benzene rings is 2. The molecule has 2 aromatic rings. The molecule has 8 heteroatoms. The normalized spacial score (nSPS) is 18.9. The minimum Gasteiger partial charge on any atom is -0.480 e. The molecule has 1 fully saturated rings. The van der Waals surface area contributed by atoms with Crippen molar-refractivity contribution in [3.8, 4) is 0 Å². The highest BCUT2D eigenvalue weighted by Gasteiger charge is 2.30. The minimum absolute atomic E-state index is 0.114. The fourth-order valence-corrected chi connectivity index (χ4v) is 3.64. The molecule has 0 radical (unpaired) electrons. The maximum Gasteiger partial charge on any atom is 0.419 e. The summed E-state index contributed by atoms with van der Waals surface area (Å²) in [6, 6.07) is 14.6. The molecule has 26 heavy (non-hydrogen) atoms. The molecule has 2 atom stereocenters. The number of amides is 1. The van der Waals surface area contributed by atoms with Crippen molar-refractivity contribution in [3.63, 3.8) is 0 Å². The maximum atomic E-state index is 11.8. The van der Waals surface area contributed by atoms with Gasteiger partial charge in [-0.05, 0) is 29.8 Å². The van der Waals surface area contributed by atoms with Crippen molar-refractivity contribution in [1.82, 2.24) is 5.32 Å². The van der Waals surface area contributed by atoms with E-state index in [9.17, 15) is 14.4 Å². The lowest BCUT2D eigenvalue weighted by Crippen LogP contribution is -2.33. The van der Waals surface area contributed by atoms with E-state index in [1.54, 1.807) is 54.6 Å². The third-order valence-corrected chi connectivity index (χ3v) is 5.00. The summed E-state index contributed by atoms with van der Waals surface area (Å²) in [5, 5.41) is 14.4. The van der Waals surface area contributed by atoms with Gasteiger partial charge in [0.2, 0.25) is 0 Å². The highest BCUT2D eigenvalue weighted by molar-refractivity contribution is 7.99. The molecule has 3 N–H and O–H groups in total. The zero-order chi connectivity index (χ0) is 18.5. The van der Waals surface area contributed by atoms with Crippen LogP contribution in [0.4, 0.5) is 10.5 Å². The number of carbonyl (C=O) groups excluding carboxylic acids is 2. The van der Waals surface area contributed by atoms with E-state index in [0.717, 1.165) is 5.56 Å². The molecule has 0 spiro atoms. The van der Waals surface area contributed by atoms with Gasteiger partial charge in [0, 0.05) is 11.4 Å². The second-order valence-corrected chi connectivity index (χ2v) is 6.70. The van der Waals surface area contributed by atoms with Gasteiger partial charge in [-0.1, -0.05) is 30.3 Å². The Kier molecular flexibility index (Phi) is 5.55. The van der Waals surface area contributed by atoms with Gasteiger partial charge in [0.25, 0.3) is 0 Å². The van der Waals surface area contributed by atoms with Gasteiger partial charge in [-0.3, -0.25) is 15.4 Å². The molecular weight excluding hydrogens is 356 g/mol. The molecule has 0 bridgehead atoms. The fourth-order valence-electron chi connectivity index (χ4n) is 2.41. The van der Waals surface area contributed by atoms with Crippen LogP contribution in [0.3, 0.4) is 0 Å².